The molecule has 0 N–H and O–H groups in total. The molecular formula is C20H25NO2. The Kier molecular flexibility index (Phi) is 4.97. The number of hydrogen-bond donors (Lipinski definition) is 0. The molecule has 23 heavy (non-hydrogen) atoms. The van der Waals surface area contributed by atoms with Gasteiger partial charge in [0.25, 0.3) is 0 Å². The standard InChI is InChI=1S/C20H25NO2/c1-2-20(11-7-4-8-12-20)21-14-18(13-19(21)22)16-23-15-17-9-5-3-6-10-17/h3-11,18H,2,12-16H2,1H3/t18-,20+/m1/s1. The van der Waals surface area contributed by atoms with Crippen molar-refractivity contribution in [1.82, 2.24) is 4.90 Å². The van der Waals surface area contributed by atoms with Crippen molar-refractivity contribution in [2.75, 3.05) is 13.2 Å². The maximum absolute atomic E-state index is 12.5. The lowest BCUT2D eigenvalue weighted by atomic mass is 9.87. The van der Waals surface area contributed by atoms with E-state index in [0.717, 1.165) is 19.4 Å². The Balaban J connectivity index is 1.55. The monoisotopic (exact) mass is 311 g/mol. The number of allylic oxidation sites excluding steroid dienone is 2. The molecule has 1 saturated heterocycles. The van der Waals surface area contributed by atoms with E-state index in [4.69, 9.17) is 4.74 Å². The molecule has 1 heterocycles. The fraction of sp³-hybridized carbons (Fsp3) is 0.450. The fourth-order valence-corrected chi connectivity index (χ4v) is 3.55. The number of amides is 1. The lowest BCUT2D eigenvalue weighted by Gasteiger charge is -2.40. The smallest absolute Gasteiger partial charge is 0.223 e. The van der Waals surface area contributed by atoms with E-state index in [1.807, 2.05) is 18.2 Å². The Labute approximate surface area is 138 Å². The van der Waals surface area contributed by atoms with E-state index in [1.54, 1.807) is 0 Å². The average molecular weight is 311 g/mol. The van der Waals surface area contributed by atoms with Crippen LogP contribution < -0.4 is 0 Å². The molecule has 2 aliphatic rings. The lowest BCUT2D eigenvalue weighted by molar-refractivity contribution is -0.131. The Bertz CT molecular complexity index is 593. The van der Waals surface area contributed by atoms with E-state index >= 15 is 0 Å². The largest absolute Gasteiger partial charge is 0.376 e. The Morgan fingerprint density at radius 2 is 2.09 bits per heavy atom. The maximum atomic E-state index is 12.5. The summed E-state index contributed by atoms with van der Waals surface area (Å²) >= 11 is 0. The summed E-state index contributed by atoms with van der Waals surface area (Å²) < 4.78 is 5.84. The van der Waals surface area contributed by atoms with Gasteiger partial charge in [0.15, 0.2) is 0 Å². The number of benzene rings is 1. The van der Waals surface area contributed by atoms with Crippen LogP contribution in [0.25, 0.3) is 0 Å². The number of carbonyl (C=O) groups is 1. The number of carbonyl (C=O) groups excluding carboxylic acids is 1. The van der Waals surface area contributed by atoms with Gasteiger partial charge in [0.2, 0.25) is 5.91 Å². The molecule has 1 aliphatic heterocycles. The second-order valence-corrected chi connectivity index (χ2v) is 6.52. The predicted octanol–water partition coefficient (Wildman–Crippen LogP) is 3.72. The Morgan fingerprint density at radius 3 is 2.78 bits per heavy atom. The molecule has 1 aromatic rings. The van der Waals surface area contributed by atoms with E-state index in [1.165, 1.54) is 5.56 Å². The van der Waals surface area contributed by atoms with Crippen LogP contribution in [0.15, 0.2) is 54.6 Å². The van der Waals surface area contributed by atoms with Gasteiger partial charge in [0, 0.05) is 18.9 Å². The van der Waals surface area contributed by atoms with E-state index < -0.39 is 0 Å². The van der Waals surface area contributed by atoms with Crippen molar-refractivity contribution in [2.24, 2.45) is 5.92 Å². The summed E-state index contributed by atoms with van der Waals surface area (Å²) in [4.78, 5) is 14.6. The molecule has 1 aliphatic carbocycles. The van der Waals surface area contributed by atoms with Crippen molar-refractivity contribution in [1.29, 1.82) is 0 Å². The Morgan fingerprint density at radius 1 is 1.26 bits per heavy atom. The molecule has 0 saturated carbocycles. The van der Waals surface area contributed by atoms with E-state index in [9.17, 15) is 4.79 Å². The molecule has 1 amide bonds. The summed E-state index contributed by atoms with van der Waals surface area (Å²) in [5.41, 5.74) is 1.05. The average Bonchev–Trinajstić information content (AvgIpc) is 2.98. The van der Waals surface area contributed by atoms with Crippen molar-refractivity contribution >= 4 is 5.91 Å². The third-order valence-corrected chi connectivity index (χ3v) is 4.95. The van der Waals surface area contributed by atoms with Crippen LogP contribution in [0.1, 0.15) is 31.7 Å². The van der Waals surface area contributed by atoms with Crippen LogP contribution in [0.5, 0.6) is 0 Å². The summed E-state index contributed by atoms with van der Waals surface area (Å²) in [7, 11) is 0. The van der Waals surface area contributed by atoms with Gasteiger partial charge in [-0.2, -0.15) is 0 Å². The van der Waals surface area contributed by atoms with Gasteiger partial charge in [-0.3, -0.25) is 4.79 Å². The molecule has 0 spiro atoms. The molecular weight excluding hydrogens is 286 g/mol. The SMILES string of the molecule is CC[C@]1(N2C[C@H](COCc3ccccc3)CC2=O)C=CC=CC1. The fourth-order valence-electron chi connectivity index (χ4n) is 3.55. The summed E-state index contributed by atoms with van der Waals surface area (Å²) in [6.07, 6.45) is 11.0. The molecule has 1 fully saturated rings. The number of hydrogen-bond acceptors (Lipinski definition) is 2. The van der Waals surface area contributed by atoms with Gasteiger partial charge in [-0.05, 0) is 18.4 Å². The first kappa shape index (κ1) is 16.0. The minimum atomic E-state index is -0.125. The van der Waals surface area contributed by atoms with E-state index in [-0.39, 0.29) is 11.4 Å². The second kappa shape index (κ2) is 7.14. The van der Waals surface area contributed by atoms with Crippen molar-refractivity contribution < 1.29 is 9.53 Å². The highest BCUT2D eigenvalue weighted by Crippen LogP contribution is 2.34. The van der Waals surface area contributed by atoms with E-state index in [0.29, 0.717) is 25.6 Å². The lowest BCUT2D eigenvalue weighted by Crippen LogP contribution is -2.48. The summed E-state index contributed by atoms with van der Waals surface area (Å²) in [5.74, 6) is 0.564. The second-order valence-electron chi connectivity index (χ2n) is 6.52. The highest BCUT2D eigenvalue weighted by atomic mass is 16.5. The molecule has 0 aromatic heterocycles. The summed E-state index contributed by atoms with van der Waals surface area (Å²) in [6.45, 7) is 4.24. The highest BCUT2D eigenvalue weighted by molar-refractivity contribution is 5.80. The first-order chi connectivity index (χ1) is 11.2. The van der Waals surface area contributed by atoms with Crippen molar-refractivity contribution in [3.05, 3.63) is 60.2 Å². The summed E-state index contributed by atoms with van der Waals surface area (Å²) in [5, 5.41) is 0. The van der Waals surface area contributed by atoms with Gasteiger partial charge < -0.3 is 9.64 Å². The van der Waals surface area contributed by atoms with Crippen LogP contribution in [-0.4, -0.2) is 29.5 Å². The molecule has 0 radical (unpaired) electrons. The van der Waals surface area contributed by atoms with Crippen LogP contribution in [0, 0.1) is 5.92 Å². The van der Waals surface area contributed by atoms with Gasteiger partial charge in [-0.25, -0.2) is 0 Å². The first-order valence-corrected chi connectivity index (χ1v) is 8.50. The number of nitrogens with zero attached hydrogens (tertiary/aromatic N) is 1. The topological polar surface area (TPSA) is 29.5 Å². The zero-order valence-corrected chi connectivity index (χ0v) is 13.8. The van der Waals surface area contributed by atoms with Crippen molar-refractivity contribution in [3.8, 4) is 0 Å². The third kappa shape index (κ3) is 3.56. The number of ether oxygens (including phenoxy) is 1. The van der Waals surface area contributed by atoms with Gasteiger partial charge in [0.05, 0.1) is 18.8 Å². The molecule has 3 heteroatoms. The molecule has 122 valence electrons. The molecule has 3 nitrogen and oxygen atoms in total. The number of likely N-dealkylation sites (tertiary alicyclic amines) is 1. The maximum Gasteiger partial charge on any atom is 0.223 e. The minimum absolute atomic E-state index is 0.125. The molecule has 2 atom stereocenters. The van der Waals surface area contributed by atoms with Gasteiger partial charge in [0.1, 0.15) is 0 Å². The van der Waals surface area contributed by atoms with Crippen LogP contribution in [0.4, 0.5) is 0 Å². The van der Waals surface area contributed by atoms with Gasteiger partial charge >= 0.3 is 0 Å². The molecule has 0 bridgehead atoms. The summed E-state index contributed by atoms with van der Waals surface area (Å²) in [6, 6.07) is 10.2. The predicted molar refractivity (Wildman–Crippen MR) is 91.8 cm³/mol. The highest BCUT2D eigenvalue weighted by Gasteiger charge is 2.41. The van der Waals surface area contributed by atoms with E-state index in [2.05, 4.69) is 48.3 Å². The molecule has 3 rings (SSSR count). The normalized spacial score (nSPS) is 26.9. The van der Waals surface area contributed by atoms with Crippen LogP contribution >= 0.6 is 0 Å². The van der Waals surface area contributed by atoms with Crippen molar-refractivity contribution in [3.63, 3.8) is 0 Å². The Hall–Kier alpha value is -1.87. The van der Waals surface area contributed by atoms with Crippen LogP contribution in [0.3, 0.4) is 0 Å². The zero-order chi connectivity index (χ0) is 16.1. The van der Waals surface area contributed by atoms with Gasteiger partial charge in [-0.1, -0.05) is 61.6 Å². The minimum Gasteiger partial charge on any atom is -0.376 e. The first-order valence-electron chi connectivity index (χ1n) is 8.50. The van der Waals surface area contributed by atoms with Gasteiger partial charge in [-0.15, -0.1) is 0 Å². The van der Waals surface area contributed by atoms with Crippen molar-refractivity contribution in [2.45, 2.75) is 38.3 Å². The quantitative estimate of drug-likeness (QED) is 0.801. The molecule has 0 unspecified atom stereocenters. The van der Waals surface area contributed by atoms with Crippen LogP contribution in [-0.2, 0) is 16.1 Å². The number of rotatable bonds is 6. The van der Waals surface area contributed by atoms with Crippen LogP contribution in [0.2, 0.25) is 0 Å². The molecule has 1 aromatic carbocycles. The zero-order valence-electron chi connectivity index (χ0n) is 13.8. The third-order valence-electron chi connectivity index (χ3n) is 4.95.